The van der Waals surface area contributed by atoms with E-state index in [2.05, 4.69) is 9.37 Å². The molecule has 0 radical (unpaired) electrons. The first kappa shape index (κ1) is 48.4. The summed E-state index contributed by atoms with van der Waals surface area (Å²) < 4.78 is 108. The fourth-order valence-corrected chi connectivity index (χ4v) is 7.96. The molecule has 0 unspecified atom stereocenters. The summed E-state index contributed by atoms with van der Waals surface area (Å²) in [5, 5.41) is 13.8. The van der Waals surface area contributed by atoms with Crippen molar-refractivity contribution in [3.8, 4) is 0 Å². The van der Waals surface area contributed by atoms with E-state index in [1.165, 1.54) is 18.2 Å². The van der Waals surface area contributed by atoms with Crippen molar-refractivity contribution in [2.45, 2.75) is 61.2 Å². The van der Waals surface area contributed by atoms with Gasteiger partial charge in [-0.15, -0.1) is 0 Å². The van der Waals surface area contributed by atoms with Crippen molar-refractivity contribution in [2.24, 2.45) is 0 Å². The first-order valence-corrected chi connectivity index (χ1v) is 19.6. The van der Waals surface area contributed by atoms with Crippen LogP contribution in [-0.4, -0.2) is 73.8 Å². The molecule has 2 aliphatic rings. The average molecular weight is 800 g/mol. The van der Waals surface area contributed by atoms with Crippen LogP contribution >= 0.6 is 12.0 Å². The van der Waals surface area contributed by atoms with E-state index in [4.69, 9.17) is 0 Å². The molecule has 0 aromatic heterocycles. The molecule has 0 amide bonds. The Bertz CT molecular complexity index is 1980. The van der Waals surface area contributed by atoms with Crippen LogP contribution < -0.4 is 98.8 Å². The summed E-state index contributed by atoms with van der Waals surface area (Å²) in [5.74, 6) is -1.06. The van der Waals surface area contributed by atoms with Crippen molar-refractivity contribution in [3.05, 3.63) is 71.5 Å². The predicted molar refractivity (Wildman–Crippen MR) is 170 cm³/mol. The maximum atomic E-state index is 11.8. The zero-order chi connectivity index (χ0) is 35.0. The fourth-order valence-electron chi connectivity index (χ4n) is 6.09. The van der Waals surface area contributed by atoms with Crippen LogP contribution in [0, 0.1) is 0 Å². The third-order valence-electron chi connectivity index (χ3n) is 8.24. The second-order valence-electron chi connectivity index (χ2n) is 12.1. The van der Waals surface area contributed by atoms with Crippen molar-refractivity contribution in [1.29, 1.82) is 0 Å². The van der Waals surface area contributed by atoms with Gasteiger partial charge in [0.05, 0.1) is 38.2 Å². The molecule has 0 spiro atoms. The summed E-state index contributed by atoms with van der Waals surface area (Å²) in [4.78, 5) is 1.96. The molecule has 2 aromatic rings. The number of allylic oxidation sites excluding steroid dienone is 4. The molecule has 2 aliphatic heterocycles. The molecule has 0 saturated carbocycles. The predicted octanol–water partition coefficient (Wildman–Crippen LogP) is -6.34. The number of anilines is 1. The Kier molecular flexibility index (Phi) is 18.2. The molecule has 50 heavy (non-hydrogen) atoms. The monoisotopic (exact) mass is 799 g/mol. The molecular formula is C29H34N2Na3O12S4+. The number of fused-ring (bicyclic) bond motifs is 2. The van der Waals surface area contributed by atoms with Gasteiger partial charge in [0.15, 0.2) is 5.71 Å². The largest absolute Gasteiger partial charge is 1.00 e. The molecule has 2 heterocycles. The van der Waals surface area contributed by atoms with E-state index in [0.29, 0.717) is 21.8 Å². The smallest absolute Gasteiger partial charge is 0.748 e. The number of hydrogen-bond acceptors (Lipinski definition) is 13. The molecule has 0 atom stereocenters. The van der Waals surface area contributed by atoms with E-state index in [1.54, 1.807) is 29.2 Å². The molecule has 0 saturated heterocycles. The first-order chi connectivity index (χ1) is 21.7. The minimum absolute atomic E-state index is 0. The summed E-state index contributed by atoms with van der Waals surface area (Å²) in [6.07, 6.45) is 5.47. The number of benzene rings is 2. The third kappa shape index (κ3) is 11.7. The van der Waals surface area contributed by atoms with Gasteiger partial charge in [-0.3, -0.25) is 9.59 Å². The van der Waals surface area contributed by atoms with Crippen LogP contribution in [-0.2, 0) is 50.6 Å². The van der Waals surface area contributed by atoms with Crippen molar-refractivity contribution in [2.75, 3.05) is 29.5 Å². The topological polar surface area (TPSA) is 217 Å². The van der Waals surface area contributed by atoms with Gasteiger partial charge in [0.1, 0.15) is 16.7 Å². The van der Waals surface area contributed by atoms with Crippen LogP contribution in [0.3, 0.4) is 0 Å². The van der Waals surface area contributed by atoms with Gasteiger partial charge >= 0.3 is 88.7 Å². The molecule has 2 aromatic carbocycles. The van der Waals surface area contributed by atoms with Gasteiger partial charge in [-0.1, -0.05) is 19.9 Å². The van der Waals surface area contributed by atoms with Crippen molar-refractivity contribution in [1.82, 2.24) is 0 Å². The van der Waals surface area contributed by atoms with Gasteiger partial charge in [0.25, 0.3) is 10.1 Å². The van der Waals surface area contributed by atoms with E-state index < -0.39 is 57.6 Å². The van der Waals surface area contributed by atoms with Gasteiger partial charge in [0, 0.05) is 58.1 Å². The van der Waals surface area contributed by atoms with E-state index in [-0.39, 0.29) is 115 Å². The summed E-state index contributed by atoms with van der Waals surface area (Å²) in [6, 6.07) is 9.30. The third-order valence-corrected chi connectivity index (χ3v) is 11.2. The molecule has 0 fully saturated rings. The summed E-state index contributed by atoms with van der Waals surface area (Å²) in [7, 11) is -13.5. The van der Waals surface area contributed by atoms with Crippen LogP contribution in [0.4, 0.5) is 11.4 Å². The van der Waals surface area contributed by atoms with Crippen LogP contribution in [0.1, 0.15) is 51.7 Å². The Hall–Kier alpha value is 0.350. The van der Waals surface area contributed by atoms with Crippen LogP contribution in [0.2, 0.25) is 0 Å². The van der Waals surface area contributed by atoms with Crippen molar-refractivity contribution < 1.29 is 147 Å². The maximum Gasteiger partial charge on any atom is 1.00 e. The molecule has 0 bridgehead atoms. The van der Waals surface area contributed by atoms with Gasteiger partial charge in [-0.05, 0) is 62.2 Å². The zero-order valence-electron chi connectivity index (χ0n) is 28.9. The Balaban J connectivity index is 0.00000417. The molecule has 0 aliphatic carbocycles. The van der Waals surface area contributed by atoms with Gasteiger partial charge < -0.3 is 19.3 Å². The van der Waals surface area contributed by atoms with Crippen LogP contribution in [0.15, 0.2) is 70.1 Å². The Morgan fingerprint density at radius 3 is 2.14 bits per heavy atom. The summed E-state index contributed by atoms with van der Waals surface area (Å²) >= 11 is 0.728. The number of hydrogen-bond donors (Lipinski definition) is 1. The molecule has 14 nitrogen and oxygen atoms in total. The standard InChI is InChI=1S/C29H36N2O12S4.3Na/c1-28(2)22-18-20(44-43-42-32)10-12-24(22)30(14-6-16-45(33,34)35)26(28)8-5-9-27-29(3,4)23-19-21(47(39,40)41)11-13-25(23)31(27)15-7-17-46(36,37)38;;;/h5,8-13,18-19H,6-7,14-17H2,1-4H3,(H3-,32,33,34,35,36,37,38,39,40,41);;;/q;3*+1/p-2. The van der Waals surface area contributed by atoms with Crippen molar-refractivity contribution >= 4 is 59.5 Å². The second-order valence-corrected chi connectivity index (χ2v) is 17.4. The normalized spacial score (nSPS) is 17.3. The Labute approximate surface area is 364 Å². The van der Waals surface area contributed by atoms with Crippen molar-refractivity contribution in [3.63, 3.8) is 0 Å². The Morgan fingerprint density at radius 2 is 1.56 bits per heavy atom. The van der Waals surface area contributed by atoms with E-state index >= 15 is 0 Å². The second kappa shape index (κ2) is 18.8. The first-order valence-electron chi connectivity index (χ1n) is 14.2. The summed E-state index contributed by atoms with van der Waals surface area (Å²) in [6.45, 7) is 7.92. The van der Waals surface area contributed by atoms with E-state index in [0.717, 1.165) is 29.0 Å². The van der Waals surface area contributed by atoms with Gasteiger partial charge in [-0.25, -0.2) is 16.8 Å². The summed E-state index contributed by atoms with van der Waals surface area (Å²) in [5.41, 5.74) is 2.62. The molecule has 4 rings (SSSR count). The minimum atomic E-state index is -4.76. The molecule has 21 heteroatoms. The molecular weight excluding hydrogens is 766 g/mol. The Morgan fingerprint density at radius 1 is 0.900 bits per heavy atom. The van der Waals surface area contributed by atoms with Gasteiger partial charge in [-0.2, -0.15) is 17.3 Å². The molecule has 258 valence electrons. The zero-order valence-corrected chi connectivity index (χ0v) is 38.2. The quantitative estimate of drug-likeness (QED) is 0.0470. The van der Waals surface area contributed by atoms with Crippen LogP contribution in [0.25, 0.3) is 0 Å². The van der Waals surface area contributed by atoms with Gasteiger partial charge in [0.2, 0.25) is 5.69 Å². The SMILES string of the molecule is CC1(C)C(C=C/C=C2/N(CCCS(=O)(=O)[O-])c3ccc(S(=O)(=O)[O-])cc3C2(C)C)=[N+](CCCS(=O)(=O)O)c2ccc(SOO[O-])cc21.[Na+].[Na+].[Na+]. The van der Waals surface area contributed by atoms with Crippen LogP contribution in [0.5, 0.6) is 0 Å². The fraction of sp³-hybridized carbons (Fsp3) is 0.414. The average Bonchev–Trinajstić information content (AvgIpc) is 3.28. The number of rotatable bonds is 14. The number of nitrogens with zero attached hydrogens (tertiary/aromatic N) is 2. The minimum Gasteiger partial charge on any atom is -0.748 e. The van der Waals surface area contributed by atoms with E-state index in [1.807, 2.05) is 44.4 Å². The molecule has 1 N–H and O–H groups in total. The maximum absolute atomic E-state index is 11.8. The van der Waals surface area contributed by atoms with E-state index in [9.17, 15) is 44.2 Å².